The Kier molecular flexibility index (Phi) is 2.84. The lowest BCUT2D eigenvalue weighted by Crippen LogP contribution is -2.13. The minimum Gasteiger partial charge on any atom is -0.321 e. The van der Waals surface area contributed by atoms with Gasteiger partial charge in [-0.1, -0.05) is 13.8 Å². The van der Waals surface area contributed by atoms with Gasteiger partial charge in [-0.2, -0.15) is 0 Å². The predicted octanol–water partition coefficient (Wildman–Crippen LogP) is 1.06. The molecule has 2 rings (SSSR count). The van der Waals surface area contributed by atoms with E-state index in [0.29, 0.717) is 5.78 Å². The third-order valence-electron chi connectivity index (χ3n) is 1.61. The molecule has 4 nitrogen and oxygen atoms in total. The van der Waals surface area contributed by atoms with E-state index in [1.807, 2.05) is 20.9 Å². The maximum atomic E-state index is 11.1. The fourth-order valence-corrected chi connectivity index (χ4v) is 1.05. The molecule has 2 aromatic rings. The zero-order valence-electron chi connectivity index (χ0n) is 8.06. The number of fused-ring (bicyclic) bond motifs is 1. The Morgan fingerprint density at radius 2 is 2.00 bits per heavy atom. The summed E-state index contributed by atoms with van der Waals surface area (Å²) in [4.78, 5) is 15.1. The average molecular weight is 179 g/mol. The van der Waals surface area contributed by atoms with Crippen molar-refractivity contribution >= 4 is 5.78 Å². The molecule has 13 heavy (non-hydrogen) atoms. The minimum absolute atomic E-state index is 0.0457. The first-order chi connectivity index (χ1) is 6.29. The van der Waals surface area contributed by atoms with Crippen molar-refractivity contribution in [3.63, 3.8) is 0 Å². The van der Waals surface area contributed by atoms with E-state index >= 15 is 0 Å². The van der Waals surface area contributed by atoms with Crippen LogP contribution >= 0.6 is 0 Å². The summed E-state index contributed by atoms with van der Waals surface area (Å²) in [6, 6.07) is 1.51. The van der Waals surface area contributed by atoms with Gasteiger partial charge < -0.3 is 4.57 Å². The molecular weight excluding hydrogens is 166 g/mol. The highest BCUT2D eigenvalue weighted by atomic mass is 16.1. The second kappa shape index (κ2) is 3.89. The molecule has 4 heteroatoms. The molecule has 2 heterocycles. The Morgan fingerprint density at radius 3 is 2.62 bits per heavy atom. The molecule has 0 saturated carbocycles. The van der Waals surface area contributed by atoms with Crippen molar-refractivity contribution in [1.29, 1.82) is 0 Å². The Balaban J connectivity index is 0.000000396. The van der Waals surface area contributed by atoms with Crippen molar-refractivity contribution in [2.75, 3.05) is 0 Å². The van der Waals surface area contributed by atoms with Gasteiger partial charge in [-0.3, -0.25) is 9.20 Å². The van der Waals surface area contributed by atoms with Crippen LogP contribution in [0.3, 0.4) is 0 Å². The maximum Gasteiger partial charge on any atom is 0.258 e. The fraction of sp³-hybridized carbons (Fsp3) is 0.333. The summed E-state index contributed by atoms with van der Waals surface area (Å²) in [5, 5.41) is 0. The zero-order chi connectivity index (χ0) is 9.84. The van der Waals surface area contributed by atoms with Gasteiger partial charge in [-0.15, -0.1) is 0 Å². The second-order valence-electron chi connectivity index (χ2n) is 2.36. The molecule has 0 saturated heterocycles. The maximum absolute atomic E-state index is 11.1. The van der Waals surface area contributed by atoms with Crippen molar-refractivity contribution in [2.24, 2.45) is 7.05 Å². The third-order valence-corrected chi connectivity index (χ3v) is 1.61. The van der Waals surface area contributed by atoms with Crippen LogP contribution in [0.5, 0.6) is 0 Å². The summed E-state index contributed by atoms with van der Waals surface area (Å²) in [5.41, 5.74) is -0.0457. The topological polar surface area (TPSA) is 39.3 Å². The summed E-state index contributed by atoms with van der Waals surface area (Å²) in [5.74, 6) is 0.664. The van der Waals surface area contributed by atoms with E-state index in [-0.39, 0.29) is 5.56 Å². The Morgan fingerprint density at radius 1 is 1.31 bits per heavy atom. The van der Waals surface area contributed by atoms with Crippen molar-refractivity contribution in [1.82, 2.24) is 14.0 Å². The molecule has 0 spiro atoms. The van der Waals surface area contributed by atoms with Gasteiger partial charge in [0.1, 0.15) is 0 Å². The predicted molar refractivity (Wildman–Crippen MR) is 51.8 cm³/mol. The minimum atomic E-state index is -0.0457. The molecule has 0 aliphatic carbocycles. The summed E-state index contributed by atoms with van der Waals surface area (Å²) in [6.45, 7) is 4.00. The van der Waals surface area contributed by atoms with Crippen LogP contribution in [0.15, 0.2) is 29.5 Å². The van der Waals surface area contributed by atoms with E-state index in [4.69, 9.17) is 0 Å². The van der Waals surface area contributed by atoms with E-state index in [0.717, 1.165) is 0 Å². The lowest BCUT2D eigenvalue weighted by molar-refractivity contribution is 0.867. The van der Waals surface area contributed by atoms with E-state index in [2.05, 4.69) is 4.98 Å². The Bertz CT molecular complexity index is 441. The van der Waals surface area contributed by atoms with Crippen LogP contribution in [0.25, 0.3) is 5.78 Å². The molecule has 2 aromatic heterocycles. The molecule has 0 amide bonds. The van der Waals surface area contributed by atoms with Gasteiger partial charge in [0.25, 0.3) is 5.56 Å². The number of rotatable bonds is 0. The number of imidazole rings is 1. The molecule has 0 fully saturated rings. The quantitative estimate of drug-likeness (QED) is 0.606. The van der Waals surface area contributed by atoms with Gasteiger partial charge in [-0.05, 0) is 0 Å². The SMILES string of the molecule is CC.Cn1ccc(=O)n2ccnc12. The van der Waals surface area contributed by atoms with Crippen LogP contribution < -0.4 is 5.56 Å². The smallest absolute Gasteiger partial charge is 0.258 e. The van der Waals surface area contributed by atoms with Crippen molar-refractivity contribution in [3.05, 3.63) is 35.0 Å². The van der Waals surface area contributed by atoms with Gasteiger partial charge in [-0.25, -0.2) is 4.98 Å². The van der Waals surface area contributed by atoms with Crippen molar-refractivity contribution in [2.45, 2.75) is 13.8 Å². The number of hydrogen-bond acceptors (Lipinski definition) is 2. The van der Waals surface area contributed by atoms with Gasteiger partial charge in [0.2, 0.25) is 5.78 Å². The van der Waals surface area contributed by atoms with E-state index < -0.39 is 0 Å². The fourth-order valence-electron chi connectivity index (χ4n) is 1.05. The highest BCUT2D eigenvalue weighted by molar-refractivity contribution is 5.27. The molecule has 0 aliphatic heterocycles. The van der Waals surface area contributed by atoms with Crippen LogP contribution in [0, 0.1) is 0 Å². The highest BCUT2D eigenvalue weighted by Gasteiger charge is 1.97. The van der Waals surface area contributed by atoms with Crippen LogP contribution in [-0.2, 0) is 7.05 Å². The molecule has 0 unspecified atom stereocenters. The number of aromatic nitrogens is 3. The van der Waals surface area contributed by atoms with E-state index in [1.165, 1.54) is 10.5 Å². The first-order valence-electron chi connectivity index (χ1n) is 4.28. The monoisotopic (exact) mass is 179 g/mol. The van der Waals surface area contributed by atoms with Gasteiger partial charge in [0.05, 0.1) is 0 Å². The van der Waals surface area contributed by atoms with Crippen LogP contribution in [0.2, 0.25) is 0 Å². The molecule has 0 aromatic carbocycles. The molecule has 0 radical (unpaired) electrons. The molecular formula is C9H13N3O. The second-order valence-corrected chi connectivity index (χ2v) is 2.36. The lowest BCUT2D eigenvalue weighted by atomic mass is 10.6. The highest BCUT2D eigenvalue weighted by Crippen LogP contribution is 1.92. The zero-order valence-corrected chi connectivity index (χ0v) is 8.06. The molecule has 0 aliphatic rings. The Labute approximate surface area is 76.5 Å². The first-order valence-corrected chi connectivity index (χ1v) is 4.28. The first kappa shape index (κ1) is 9.51. The Hall–Kier alpha value is -1.58. The number of aryl methyl sites for hydroxylation is 1. The normalized spacial score (nSPS) is 9.46. The van der Waals surface area contributed by atoms with E-state index in [1.54, 1.807) is 23.2 Å². The standard InChI is InChI=1S/C7H7N3O.C2H6/c1-9-4-2-6(11)10-5-3-8-7(9)10;1-2/h2-5H,1H3;1-2H3. The summed E-state index contributed by atoms with van der Waals surface area (Å²) in [7, 11) is 1.85. The summed E-state index contributed by atoms with van der Waals surface area (Å²) < 4.78 is 3.29. The van der Waals surface area contributed by atoms with Crippen molar-refractivity contribution < 1.29 is 0 Å². The van der Waals surface area contributed by atoms with Crippen LogP contribution in [0.4, 0.5) is 0 Å². The molecule has 0 atom stereocenters. The van der Waals surface area contributed by atoms with Crippen LogP contribution in [0.1, 0.15) is 13.8 Å². The van der Waals surface area contributed by atoms with Gasteiger partial charge in [0.15, 0.2) is 0 Å². The summed E-state index contributed by atoms with van der Waals surface area (Å²) in [6.07, 6.45) is 4.96. The average Bonchev–Trinajstić information content (AvgIpc) is 2.64. The third kappa shape index (κ3) is 1.61. The largest absolute Gasteiger partial charge is 0.321 e. The molecule has 0 N–H and O–H groups in total. The number of hydrogen-bond donors (Lipinski definition) is 0. The molecule has 0 bridgehead atoms. The van der Waals surface area contributed by atoms with Gasteiger partial charge >= 0.3 is 0 Å². The van der Waals surface area contributed by atoms with Gasteiger partial charge in [0, 0.05) is 31.7 Å². The summed E-state index contributed by atoms with van der Waals surface area (Å²) >= 11 is 0. The van der Waals surface area contributed by atoms with Crippen molar-refractivity contribution in [3.8, 4) is 0 Å². The molecule has 70 valence electrons. The van der Waals surface area contributed by atoms with Crippen LogP contribution in [-0.4, -0.2) is 14.0 Å². The number of nitrogens with zero attached hydrogens (tertiary/aromatic N) is 3. The lowest BCUT2D eigenvalue weighted by Gasteiger charge is -1.97. The van der Waals surface area contributed by atoms with E-state index in [9.17, 15) is 4.79 Å².